The lowest BCUT2D eigenvalue weighted by Gasteiger charge is -2.26. The number of aryl methyl sites for hydroxylation is 2. The van der Waals surface area contributed by atoms with Crippen molar-refractivity contribution in [3.63, 3.8) is 0 Å². The number of nitrogens with one attached hydrogen (secondary N) is 2. The fraction of sp³-hybridized carbons (Fsp3) is 0.583. The second-order valence-corrected chi connectivity index (χ2v) is 4.32. The lowest BCUT2D eigenvalue weighted by atomic mass is 10.0. The van der Waals surface area contributed by atoms with Crippen molar-refractivity contribution in [2.24, 2.45) is 0 Å². The van der Waals surface area contributed by atoms with Crippen LogP contribution in [-0.4, -0.2) is 24.1 Å². The van der Waals surface area contributed by atoms with Gasteiger partial charge < -0.3 is 10.6 Å². The first-order valence-corrected chi connectivity index (χ1v) is 5.66. The molecule has 1 aliphatic heterocycles. The van der Waals surface area contributed by atoms with Crippen molar-refractivity contribution < 1.29 is 0 Å². The zero-order valence-electron chi connectivity index (χ0n) is 9.51. The van der Waals surface area contributed by atoms with Crippen LogP contribution in [0.15, 0.2) is 12.4 Å². The standard InChI is InChI=1S/C12H19N3/c1-9-7-14-8-10(2)12(9)15-11-3-5-13-6-4-11/h7-8,11,13H,3-6H2,1-2H3,(H,14,15). The number of rotatable bonds is 2. The minimum absolute atomic E-state index is 0.617. The second kappa shape index (κ2) is 4.62. The molecule has 0 radical (unpaired) electrons. The molecule has 0 spiro atoms. The fourth-order valence-electron chi connectivity index (χ4n) is 2.10. The predicted molar refractivity (Wildman–Crippen MR) is 63.2 cm³/mol. The number of piperidine rings is 1. The van der Waals surface area contributed by atoms with Crippen molar-refractivity contribution >= 4 is 5.69 Å². The minimum atomic E-state index is 0.617. The molecule has 1 aromatic rings. The molecule has 0 aliphatic carbocycles. The molecule has 1 saturated heterocycles. The molecular formula is C12H19N3. The Kier molecular flexibility index (Phi) is 3.21. The van der Waals surface area contributed by atoms with E-state index >= 15 is 0 Å². The van der Waals surface area contributed by atoms with E-state index in [2.05, 4.69) is 29.5 Å². The van der Waals surface area contributed by atoms with Gasteiger partial charge in [-0.2, -0.15) is 0 Å². The van der Waals surface area contributed by atoms with Gasteiger partial charge in [0, 0.05) is 24.1 Å². The van der Waals surface area contributed by atoms with Crippen LogP contribution in [0.25, 0.3) is 0 Å². The van der Waals surface area contributed by atoms with Crippen LogP contribution in [0.2, 0.25) is 0 Å². The van der Waals surface area contributed by atoms with Crippen molar-refractivity contribution in [1.82, 2.24) is 10.3 Å². The molecule has 3 nitrogen and oxygen atoms in total. The van der Waals surface area contributed by atoms with Gasteiger partial charge in [0.1, 0.15) is 0 Å². The number of hydrogen-bond acceptors (Lipinski definition) is 3. The van der Waals surface area contributed by atoms with Crippen molar-refractivity contribution in [1.29, 1.82) is 0 Å². The highest BCUT2D eigenvalue weighted by molar-refractivity contribution is 5.55. The van der Waals surface area contributed by atoms with Crippen LogP contribution in [0.1, 0.15) is 24.0 Å². The molecule has 15 heavy (non-hydrogen) atoms. The van der Waals surface area contributed by atoms with Gasteiger partial charge in [0.05, 0.1) is 0 Å². The molecule has 1 aromatic heterocycles. The molecule has 2 rings (SSSR count). The lowest BCUT2D eigenvalue weighted by Crippen LogP contribution is -2.35. The molecule has 82 valence electrons. The van der Waals surface area contributed by atoms with Crippen LogP contribution in [0, 0.1) is 13.8 Å². The van der Waals surface area contributed by atoms with Crippen LogP contribution in [0.3, 0.4) is 0 Å². The maximum absolute atomic E-state index is 4.19. The van der Waals surface area contributed by atoms with E-state index in [0.717, 1.165) is 13.1 Å². The highest BCUT2D eigenvalue weighted by Crippen LogP contribution is 2.21. The highest BCUT2D eigenvalue weighted by Gasteiger charge is 2.14. The summed E-state index contributed by atoms with van der Waals surface area (Å²) in [6.45, 7) is 6.48. The molecule has 2 N–H and O–H groups in total. The van der Waals surface area contributed by atoms with E-state index in [0.29, 0.717) is 6.04 Å². The van der Waals surface area contributed by atoms with Gasteiger partial charge in [-0.15, -0.1) is 0 Å². The van der Waals surface area contributed by atoms with Gasteiger partial charge in [0.2, 0.25) is 0 Å². The number of hydrogen-bond donors (Lipinski definition) is 2. The minimum Gasteiger partial charge on any atom is -0.382 e. The number of pyridine rings is 1. The SMILES string of the molecule is Cc1cncc(C)c1NC1CCNCC1. The first-order valence-electron chi connectivity index (χ1n) is 5.66. The van der Waals surface area contributed by atoms with Crippen molar-refractivity contribution in [3.05, 3.63) is 23.5 Å². The Morgan fingerprint density at radius 3 is 2.40 bits per heavy atom. The molecule has 0 unspecified atom stereocenters. The fourth-order valence-corrected chi connectivity index (χ4v) is 2.10. The van der Waals surface area contributed by atoms with Gasteiger partial charge in [-0.25, -0.2) is 0 Å². The van der Waals surface area contributed by atoms with Gasteiger partial charge in [-0.3, -0.25) is 4.98 Å². The van der Waals surface area contributed by atoms with Gasteiger partial charge in [0.15, 0.2) is 0 Å². The van der Waals surface area contributed by atoms with E-state index in [1.807, 2.05) is 12.4 Å². The summed E-state index contributed by atoms with van der Waals surface area (Å²) in [5.74, 6) is 0. The summed E-state index contributed by atoms with van der Waals surface area (Å²) in [4.78, 5) is 4.19. The van der Waals surface area contributed by atoms with Crippen LogP contribution < -0.4 is 10.6 Å². The summed E-state index contributed by atoms with van der Waals surface area (Å²) in [5.41, 5.74) is 3.76. The topological polar surface area (TPSA) is 37.0 Å². The van der Waals surface area contributed by atoms with E-state index in [4.69, 9.17) is 0 Å². The third-order valence-electron chi connectivity index (χ3n) is 3.01. The van der Waals surface area contributed by atoms with Crippen LogP contribution >= 0.6 is 0 Å². The zero-order chi connectivity index (χ0) is 10.7. The lowest BCUT2D eigenvalue weighted by molar-refractivity contribution is 0.479. The summed E-state index contributed by atoms with van der Waals surface area (Å²) in [6.07, 6.45) is 6.27. The van der Waals surface area contributed by atoms with Gasteiger partial charge in [0.25, 0.3) is 0 Å². The molecule has 0 aromatic carbocycles. The maximum atomic E-state index is 4.19. The molecule has 3 heteroatoms. The molecule has 1 aliphatic rings. The molecular weight excluding hydrogens is 186 g/mol. The highest BCUT2D eigenvalue weighted by atomic mass is 15.0. The monoisotopic (exact) mass is 205 g/mol. The number of aromatic nitrogens is 1. The maximum Gasteiger partial charge on any atom is 0.0432 e. The number of nitrogens with zero attached hydrogens (tertiary/aromatic N) is 1. The molecule has 0 saturated carbocycles. The third kappa shape index (κ3) is 2.48. The smallest absolute Gasteiger partial charge is 0.0432 e. The van der Waals surface area contributed by atoms with Crippen molar-refractivity contribution in [2.75, 3.05) is 18.4 Å². The summed E-state index contributed by atoms with van der Waals surface area (Å²) >= 11 is 0. The number of anilines is 1. The molecule has 1 fully saturated rings. The third-order valence-corrected chi connectivity index (χ3v) is 3.01. The first-order chi connectivity index (χ1) is 7.27. The average molecular weight is 205 g/mol. The van der Waals surface area contributed by atoms with E-state index in [1.165, 1.54) is 29.7 Å². The summed E-state index contributed by atoms with van der Waals surface area (Å²) in [6, 6.07) is 0.617. The van der Waals surface area contributed by atoms with Crippen molar-refractivity contribution in [2.45, 2.75) is 32.7 Å². The Labute approximate surface area is 91.3 Å². The van der Waals surface area contributed by atoms with Gasteiger partial charge in [-0.1, -0.05) is 0 Å². The van der Waals surface area contributed by atoms with E-state index in [1.54, 1.807) is 0 Å². The summed E-state index contributed by atoms with van der Waals surface area (Å²) < 4.78 is 0. The molecule has 0 amide bonds. The Hall–Kier alpha value is -1.09. The Balaban J connectivity index is 2.09. The second-order valence-electron chi connectivity index (χ2n) is 4.32. The van der Waals surface area contributed by atoms with E-state index in [-0.39, 0.29) is 0 Å². The molecule has 0 atom stereocenters. The molecule has 0 bridgehead atoms. The largest absolute Gasteiger partial charge is 0.382 e. The van der Waals surface area contributed by atoms with Crippen LogP contribution in [-0.2, 0) is 0 Å². The molecule has 2 heterocycles. The first kappa shape index (κ1) is 10.4. The van der Waals surface area contributed by atoms with E-state index < -0.39 is 0 Å². The summed E-state index contributed by atoms with van der Waals surface area (Å²) in [5, 5.41) is 7.01. The zero-order valence-corrected chi connectivity index (χ0v) is 9.51. The Morgan fingerprint density at radius 1 is 1.20 bits per heavy atom. The Bertz CT molecular complexity index is 309. The average Bonchev–Trinajstić information content (AvgIpc) is 2.25. The quantitative estimate of drug-likeness (QED) is 0.774. The van der Waals surface area contributed by atoms with Crippen LogP contribution in [0.4, 0.5) is 5.69 Å². The van der Waals surface area contributed by atoms with Gasteiger partial charge >= 0.3 is 0 Å². The summed E-state index contributed by atoms with van der Waals surface area (Å²) in [7, 11) is 0. The van der Waals surface area contributed by atoms with Gasteiger partial charge in [-0.05, 0) is 50.9 Å². The van der Waals surface area contributed by atoms with Crippen LogP contribution in [0.5, 0.6) is 0 Å². The Morgan fingerprint density at radius 2 is 1.80 bits per heavy atom. The van der Waals surface area contributed by atoms with E-state index in [9.17, 15) is 0 Å². The normalized spacial score (nSPS) is 17.7. The predicted octanol–water partition coefficient (Wildman–Crippen LogP) is 1.86. The van der Waals surface area contributed by atoms with Crippen molar-refractivity contribution in [3.8, 4) is 0 Å².